The van der Waals surface area contributed by atoms with Crippen LogP contribution in [-0.4, -0.2) is 32.2 Å². The molecule has 23 heavy (non-hydrogen) atoms. The molecule has 0 spiro atoms. The molecular weight excluding hydrogens is 294 g/mol. The van der Waals surface area contributed by atoms with Crippen molar-refractivity contribution in [3.8, 4) is 0 Å². The Morgan fingerprint density at radius 3 is 3.17 bits per heavy atom. The molecule has 0 aromatic heterocycles. The Hall–Kier alpha value is -2.24. The normalized spacial score (nSPS) is 24.8. The number of nitrogens with one attached hydrogen (secondary N) is 2. The number of benzene rings is 1. The second kappa shape index (κ2) is 6.89. The summed E-state index contributed by atoms with van der Waals surface area (Å²) in [7, 11) is 1.40. The highest BCUT2D eigenvalue weighted by molar-refractivity contribution is 5.90. The maximum absolute atomic E-state index is 11.8. The Labute approximate surface area is 135 Å². The SMILES string of the molecule is COC(=O)c1ccc2c(c1)[C@H]1NCC[C@H]1[C@H](CCCN=[N+]=[N-])N2. The lowest BCUT2D eigenvalue weighted by Gasteiger charge is -2.37. The van der Waals surface area contributed by atoms with E-state index in [2.05, 4.69) is 20.7 Å². The first kappa shape index (κ1) is 15.6. The van der Waals surface area contributed by atoms with Gasteiger partial charge in [-0.25, -0.2) is 4.79 Å². The standard InChI is InChI=1S/C16H21N5O2/c1-23-16(22)10-4-5-14-12(9-10)15-11(6-8-18-15)13(20-14)3-2-7-19-21-17/h4-5,9,11,13,15,18,20H,2-3,6-8H2,1H3/t11-,13-,15-/m0/s1. The molecule has 0 bridgehead atoms. The fourth-order valence-corrected chi connectivity index (χ4v) is 3.71. The molecule has 1 aromatic rings. The Balaban J connectivity index is 1.81. The molecule has 0 unspecified atom stereocenters. The van der Waals surface area contributed by atoms with Gasteiger partial charge >= 0.3 is 5.97 Å². The van der Waals surface area contributed by atoms with Crippen molar-refractivity contribution in [3.63, 3.8) is 0 Å². The first-order chi connectivity index (χ1) is 11.2. The molecule has 0 saturated carbocycles. The van der Waals surface area contributed by atoms with Gasteiger partial charge in [0.25, 0.3) is 0 Å². The van der Waals surface area contributed by atoms with Crippen LogP contribution >= 0.6 is 0 Å². The second-order valence-corrected chi connectivity index (χ2v) is 6.03. The molecular formula is C16H21N5O2. The molecule has 122 valence electrons. The second-order valence-electron chi connectivity index (χ2n) is 6.03. The fourth-order valence-electron chi connectivity index (χ4n) is 3.71. The van der Waals surface area contributed by atoms with Gasteiger partial charge < -0.3 is 15.4 Å². The summed E-state index contributed by atoms with van der Waals surface area (Å²) in [5.74, 6) is 0.181. The molecule has 0 aliphatic carbocycles. The summed E-state index contributed by atoms with van der Waals surface area (Å²) >= 11 is 0. The Bertz CT molecular complexity index is 641. The van der Waals surface area contributed by atoms with Crippen molar-refractivity contribution >= 4 is 11.7 Å². The lowest BCUT2D eigenvalue weighted by Crippen LogP contribution is -2.38. The first-order valence-corrected chi connectivity index (χ1v) is 7.97. The molecule has 1 fully saturated rings. The molecule has 0 radical (unpaired) electrons. The Morgan fingerprint density at radius 2 is 2.39 bits per heavy atom. The van der Waals surface area contributed by atoms with Crippen molar-refractivity contribution in [2.75, 3.05) is 25.5 Å². The Kier molecular flexibility index (Phi) is 4.69. The van der Waals surface area contributed by atoms with Gasteiger partial charge in [0.2, 0.25) is 0 Å². The van der Waals surface area contributed by atoms with E-state index in [-0.39, 0.29) is 12.0 Å². The number of esters is 1. The average molecular weight is 315 g/mol. The zero-order valence-electron chi connectivity index (χ0n) is 13.2. The zero-order valence-corrected chi connectivity index (χ0v) is 13.2. The van der Waals surface area contributed by atoms with Crippen LogP contribution in [0.15, 0.2) is 23.3 Å². The molecule has 1 saturated heterocycles. The number of anilines is 1. The fraction of sp³-hybridized carbons (Fsp3) is 0.562. The number of ether oxygens (including phenoxy) is 1. The van der Waals surface area contributed by atoms with E-state index in [1.54, 1.807) is 6.07 Å². The smallest absolute Gasteiger partial charge is 0.337 e. The summed E-state index contributed by atoms with van der Waals surface area (Å²) in [5, 5.41) is 10.8. The first-order valence-electron chi connectivity index (χ1n) is 7.97. The third-order valence-electron chi connectivity index (χ3n) is 4.77. The van der Waals surface area contributed by atoms with Crippen molar-refractivity contribution in [1.82, 2.24) is 5.32 Å². The number of carbonyl (C=O) groups excluding carboxylic acids is 1. The highest BCUT2D eigenvalue weighted by atomic mass is 16.5. The average Bonchev–Trinajstić information content (AvgIpc) is 3.07. The van der Waals surface area contributed by atoms with Gasteiger partial charge in [0.05, 0.1) is 12.7 Å². The van der Waals surface area contributed by atoms with Crippen LogP contribution in [0.4, 0.5) is 5.69 Å². The molecule has 3 atom stereocenters. The summed E-state index contributed by atoms with van der Waals surface area (Å²) in [6.07, 6.45) is 2.95. The molecule has 1 aromatic carbocycles. The molecule has 3 rings (SSSR count). The minimum absolute atomic E-state index is 0.264. The molecule has 2 aliphatic rings. The molecule has 2 aliphatic heterocycles. The summed E-state index contributed by atoms with van der Waals surface area (Å²) in [6, 6.07) is 6.31. The van der Waals surface area contributed by atoms with E-state index in [0.717, 1.165) is 37.1 Å². The minimum atomic E-state index is -0.307. The van der Waals surface area contributed by atoms with E-state index in [0.29, 0.717) is 24.1 Å². The van der Waals surface area contributed by atoms with Crippen LogP contribution in [0.1, 0.15) is 41.2 Å². The van der Waals surface area contributed by atoms with E-state index in [1.807, 2.05) is 12.1 Å². The highest BCUT2D eigenvalue weighted by Gasteiger charge is 2.39. The summed E-state index contributed by atoms with van der Waals surface area (Å²) in [4.78, 5) is 14.6. The van der Waals surface area contributed by atoms with Gasteiger partial charge in [0, 0.05) is 29.2 Å². The van der Waals surface area contributed by atoms with Gasteiger partial charge in [-0.15, -0.1) is 0 Å². The summed E-state index contributed by atoms with van der Waals surface area (Å²) in [6.45, 7) is 1.51. The largest absolute Gasteiger partial charge is 0.465 e. The third-order valence-corrected chi connectivity index (χ3v) is 4.77. The van der Waals surface area contributed by atoms with Gasteiger partial charge in [0.15, 0.2) is 0 Å². The van der Waals surface area contributed by atoms with Gasteiger partial charge in [-0.05, 0) is 61.0 Å². The van der Waals surface area contributed by atoms with Crippen molar-refractivity contribution in [2.45, 2.75) is 31.3 Å². The molecule has 7 nitrogen and oxygen atoms in total. The zero-order chi connectivity index (χ0) is 16.2. The molecule has 7 heteroatoms. The number of rotatable bonds is 5. The number of carbonyl (C=O) groups is 1. The van der Waals surface area contributed by atoms with Gasteiger partial charge in [-0.1, -0.05) is 5.11 Å². The predicted molar refractivity (Wildman–Crippen MR) is 87.3 cm³/mol. The van der Waals surface area contributed by atoms with Gasteiger partial charge in [0.1, 0.15) is 0 Å². The van der Waals surface area contributed by atoms with Crippen LogP contribution in [0.2, 0.25) is 0 Å². The third kappa shape index (κ3) is 3.11. The van der Waals surface area contributed by atoms with Gasteiger partial charge in [-0.2, -0.15) is 0 Å². The quantitative estimate of drug-likeness (QED) is 0.287. The predicted octanol–water partition coefficient (Wildman–Crippen LogP) is 3.01. The van der Waals surface area contributed by atoms with Crippen molar-refractivity contribution < 1.29 is 9.53 Å². The van der Waals surface area contributed by atoms with Crippen LogP contribution in [0.3, 0.4) is 0 Å². The molecule has 2 heterocycles. The monoisotopic (exact) mass is 315 g/mol. The maximum atomic E-state index is 11.8. The van der Waals surface area contributed by atoms with E-state index < -0.39 is 0 Å². The van der Waals surface area contributed by atoms with E-state index in [4.69, 9.17) is 10.3 Å². The van der Waals surface area contributed by atoms with Crippen molar-refractivity contribution in [3.05, 3.63) is 39.8 Å². The van der Waals surface area contributed by atoms with Crippen LogP contribution in [0.25, 0.3) is 10.4 Å². The molecule has 0 amide bonds. The molecule has 2 N–H and O–H groups in total. The van der Waals surface area contributed by atoms with Crippen molar-refractivity contribution in [2.24, 2.45) is 11.0 Å². The number of azide groups is 1. The van der Waals surface area contributed by atoms with E-state index >= 15 is 0 Å². The van der Waals surface area contributed by atoms with E-state index in [1.165, 1.54) is 7.11 Å². The summed E-state index contributed by atoms with van der Waals surface area (Å²) < 4.78 is 4.82. The number of hydrogen-bond donors (Lipinski definition) is 2. The minimum Gasteiger partial charge on any atom is -0.465 e. The number of methoxy groups -OCH3 is 1. The number of fused-ring (bicyclic) bond motifs is 3. The Morgan fingerprint density at radius 1 is 1.52 bits per heavy atom. The van der Waals surface area contributed by atoms with Crippen LogP contribution in [0.5, 0.6) is 0 Å². The summed E-state index contributed by atoms with van der Waals surface area (Å²) in [5.41, 5.74) is 11.2. The van der Waals surface area contributed by atoms with E-state index in [9.17, 15) is 4.79 Å². The van der Waals surface area contributed by atoms with Crippen molar-refractivity contribution in [1.29, 1.82) is 0 Å². The van der Waals surface area contributed by atoms with Crippen LogP contribution < -0.4 is 10.6 Å². The van der Waals surface area contributed by atoms with Crippen LogP contribution in [0, 0.1) is 5.92 Å². The number of hydrogen-bond acceptors (Lipinski definition) is 5. The lowest BCUT2D eigenvalue weighted by molar-refractivity contribution is 0.0600. The maximum Gasteiger partial charge on any atom is 0.337 e. The lowest BCUT2D eigenvalue weighted by atomic mass is 9.81. The number of nitrogens with zero attached hydrogens (tertiary/aromatic N) is 3. The highest BCUT2D eigenvalue weighted by Crippen LogP contribution is 2.42. The topological polar surface area (TPSA) is 99.1 Å². The van der Waals surface area contributed by atoms with Gasteiger partial charge in [-0.3, -0.25) is 0 Å². The van der Waals surface area contributed by atoms with Crippen LogP contribution in [-0.2, 0) is 4.74 Å².